The Bertz CT molecular complexity index is 419. The van der Waals surface area contributed by atoms with Crippen LogP contribution in [0.5, 0.6) is 0 Å². The van der Waals surface area contributed by atoms with Gasteiger partial charge in [-0.25, -0.2) is 0 Å². The van der Waals surface area contributed by atoms with Gasteiger partial charge in [-0.1, -0.05) is 24.3 Å². The van der Waals surface area contributed by atoms with E-state index in [1.807, 2.05) is 0 Å². The number of hydrogen-bond acceptors (Lipinski definition) is 3. The van der Waals surface area contributed by atoms with E-state index in [0.29, 0.717) is 18.2 Å². The first kappa shape index (κ1) is 15.5. The maximum Gasteiger partial charge on any atom is 0.0827 e. The Morgan fingerprint density at radius 1 is 1.30 bits per heavy atom. The second-order valence-corrected chi connectivity index (χ2v) is 6.07. The zero-order valence-electron chi connectivity index (χ0n) is 13.2. The average Bonchev–Trinajstić information content (AvgIpc) is 2.45. The van der Waals surface area contributed by atoms with Crippen LogP contribution in [0.3, 0.4) is 0 Å². The molecule has 2 rings (SSSR count). The molecule has 0 aliphatic carbocycles. The number of morpholine rings is 1. The van der Waals surface area contributed by atoms with Crippen LogP contribution in [0.25, 0.3) is 0 Å². The first-order valence-corrected chi connectivity index (χ1v) is 7.72. The summed E-state index contributed by atoms with van der Waals surface area (Å²) in [5.41, 5.74) is 2.73. The van der Waals surface area contributed by atoms with E-state index < -0.39 is 0 Å². The first-order valence-electron chi connectivity index (χ1n) is 7.72. The van der Waals surface area contributed by atoms with Gasteiger partial charge in [-0.15, -0.1) is 0 Å². The van der Waals surface area contributed by atoms with E-state index in [-0.39, 0.29) is 0 Å². The lowest BCUT2D eigenvalue weighted by molar-refractivity contribution is -0.0380. The summed E-state index contributed by atoms with van der Waals surface area (Å²) in [6.07, 6.45) is 0.303. The highest BCUT2D eigenvalue weighted by molar-refractivity contribution is 5.28. The number of ether oxygens (including phenoxy) is 1. The Hall–Kier alpha value is -0.900. The lowest BCUT2D eigenvalue weighted by Crippen LogP contribution is -2.49. The SMILES string of the molecule is Cc1ccccc1C(C)NCC1CN(C(C)C)CCO1. The van der Waals surface area contributed by atoms with Crippen LogP contribution in [0.1, 0.15) is 37.9 Å². The van der Waals surface area contributed by atoms with Crippen LogP contribution in [-0.2, 0) is 4.74 Å². The monoisotopic (exact) mass is 276 g/mol. The minimum Gasteiger partial charge on any atom is -0.374 e. The molecule has 1 aromatic carbocycles. The molecular weight excluding hydrogens is 248 g/mol. The van der Waals surface area contributed by atoms with Crippen LogP contribution in [0, 0.1) is 6.92 Å². The molecule has 1 heterocycles. The summed E-state index contributed by atoms with van der Waals surface area (Å²) >= 11 is 0. The standard InChI is InChI=1S/C17H28N2O/c1-13(2)19-9-10-20-16(12-19)11-18-15(4)17-8-6-5-7-14(17)3/h5-8,13,15-16,18H,9-12H2,1-4H3. The molecule has 2 unspecified atom stereocenters. The van der Waals surface area contributed by atoms with Crippen molar-refractivity contribution in [2.75, 3.05) is 26.2 Å². The Morgan fingerprint density at radius 2 is 2.05 bits per heavy atom. The van der Waals surface area contributed by atoms with Crippen LogP contribution < -0.4 is 5.32 Å². The van der Waals surface area contributed by atoms with Crippen molar-refractivity contribution >= 4 is 0 Å². The second-order valence-electron chi connectivity index (χ2n) is 6.07. The molecule has 0 amide bonds. The van der Waals surface area contributed by atoms with Crippen molar-refractivity contribution in [2.24, 2.45) is 0 Å². The molecule has 0 bridgehead atoms. The fraction of sp³-hybridized carbons (Fsp3) is 0.647. The average molecular weight is 276 g/mol. The van der Waals surface area contributed by atoms with E-state index in [1.165, 1.54) is 11.1 Å². The van der Waals surface area contributed by atoms with Gasteiger partial charge in [0.05, 0.1) is 12.7 Å². The normalized spacial score (nSPS) is 22.1. The number of nitrogens with one attached hydrogen (secondary N) is 1. The lowest BCUT2D eigenvalue weighted by atomic mass is 10.0. The van der Waals surface area contributed by atoms with Crippen LogP contribution >= 0.6 is 0 Å². The van der Waals surface area contributed by atoms with Crippen molar-refractivity contribution in [3.63, 3.8) is 0 Å². The van der Waals surface area contributed by atoms with Gasteiger partial charge >= 0.3 is 0 Å². The smallest absolute Gasteiger partial charge is 0.0827 e. The maximum atomic E-state index is 5.87. The van der Waals surface area contributed by atoms with Crippen LogP contribution in [0.4, 0.5) is 0 Å². The van der Waals surface area contributed by atoms with E-state index in [2.05, 4.69) is 62.2 Å². The molecule has 0 aromatic heterocycles. The van der Waals surface area contributed by atoms with Gasteiger partial charge in [-0.3, -0.25) is 4.90 Å². The summed E-state index contributed by atoms with van der Waals surface area (Å²) in [4.78, 5) is 2.49. The molecule has 1 aromatic rings. The minimum absolute atomic E-state index is 0.303. The number of benzene rings is 1. The van der Waals surface area contributed by atoms with Crippen molar-refractivity contribution in [1.82, 2.24) is 10.2 Å². The Labute approximate surface area is 123 Å². The summed E-state index contributed by atoms with van der Waals surface area (Å²) in [6.45, 7) is 12.8. The first-order chi connectivity index (χ1) is 9.58. The second kappa shape index (κ2) is 7.21. The summed E-state index contributed by atoms with van der Waals surface area (Å²) in [7, 11) is 0. The zero-order chi connectivity index (χ0) is 14.5. The molecule has 112 valence electrons. The van der Waals surface area contributed by atoms with E-state index >= 15 is 0 Å². The molecule has 1 N–H and O–H groups in total. The quantitative estimate of drug-likeness (QED) is 0.895. The molecule has 3 nitrogen and oxygen atoms in total. The van der Waals surface area contributed by atoms with Gasteiger partial charge in [0.2, 0.25) is 0 Å². The fourth-order valence-electron chi connectivity index (χ4n) is 2.83. The lowest BCUT2D eigenvalue weighted by Gasteiger charge is -2.36. The van der Waals surface area contributed by atoms with Crippen molar-refractivity contribution in [1.29, 1.82) is 0 Å². The summed E-state index contributed by atoms with van der Waals surface area (Å²) in [6, 6.07) is 9.55. The number of aryl methyl sites for hydroxylation is 1. The van der Waals surface area contributed by atoms with Gasteiger partial charge in [0.1, 0.15) is 0 Å². The van der Waals surface area contributed by atoms with Gasteiger partial charge in [0.15, 0.2) is 0 Å². The molecule has 0 spiro atoms. The van der Waals surface area contributed by atoms with Crippen LogP contribution in [0.2, 0.25) is 0 Å². The molecule has 0 saturated carbocycles. The van der Waals surface area contributed by atoms with Gasteiger partial charge in [0.25, 0.3) is 0 Å². The van der Waals surface area contributed by atoms with Gasteiger partial charge in [-0.2, -0.15) is 0 Å². The van der Waals surface area contributed by atoms with Crippen molar-refractivity contribution < 1.29 is 4.74 Å². The molecule has 3 heteroatoms. The Morgan fingerprint density at radius 3 is 2.75 bits per heavy atom. The third kappa shape index (κ3) is 4.05. The fourth-order valence-corrected chi connectivity index (χ4v) is 2.83. The van der Waals surface area contributed by atoms with Crippen LogP contribution in [-0.4, -0.2) is 43.3 Å². The minimum atomic E-state index is 0.303. The highest BCUT2D eigenvalue weighted by atomic mass is 16.5. The number of nitrogens with zero attached hydrogens (tertiary/aromatic N) is 1. The van der Waals surface area contributed by atoms with Crippen molar-refractivity contribution in [3.05, 3.63) is 35.4 Å². The third-order valence-electron chi connectivity index (χ3n) is 4.21. The topological polar surface area (TPSA) is 24.5 Å². The Kier molecular flexibility index (Phi) is 5.58. The summed E-state index contributed by atoms with van der Waals surface area (Å²) < 4.78 is 5.87. The molecule has 20 heavy (non-hydrogen) atoms. The maximum absolute atomic E-state index is 5.87. The molecule has 0 radical (unpaired) electrons. The highest BCUT2D eigenvalue weighted by Gasteiger charge is 2.22. The number of rotatable bonds is 5. The molecule has 1 aliphatic rings. The van der Waals surface area contributed by atoms with Gasteiger partial charge in [0, 0.05) is 31.7 Å². The van der Waals surface area contributed by atoms with E-state index in [0.717, 1.165) is 26.2 Å². The Balaban J connectivity index is 1.84. The van der Waals surface area contributed by atoms with Gasteiger partial charge in [-0.05, 0) is 38.8 Å². The predicted octanol–water partition coefficient (Wildman–Crippen LogP) is 2.75. The molecule has 2 atom stereocenters. The third-order valence-corrected chi connectivity index (χ3v) is 4.21. The summed E-state index contributed by atoms with van der Waals surface area (Å²) in [5, 5.41) is 3.62. The van der Waals surface area contributed by atoms with E-state index in [1.54, 1.807) is 0 Å². The van der Waals surface area contributed by atoms with Crippen molar-refractivity contribution in [2.45, 2.75) is 45.9 Å². The largest absolute Gasteiger partial charge is 0.374 e. The highest BCUT2D eigenvalue weighted by Crippen LogP contribution is 2.17. The van der Waals surface area contributed by atoms with Gasteiger partial charge < -0.3 is 10.1 Å². The zero-order valence-corrected chi connectivity index (χ0v) is 13.2. The van der Waals surface area contributed by atoms with E-state index in [4.69, 9.17) is 4.74 Å². The van der Waals surface area contributed by atoms with Crippen LogP contribution in [0.15, 0.2) is 24.3 Å². The molecular formula is C17H28N2O. The molecule has 1 saturated heterocycles. The van der Waals surface area contributed by atoms with E-state index in [9.17, 15) is 0 Å². The predicted molar refractivity (Wildman–Crippen MR) is 84.0 cm³/mol. The van der Waals surface area contributed by atoms with Crippen molar-refractivity contribution in [3.8, 4) is 0 Å². The molecule has 1 aliphatic heterocycles. The molecule has 1 fully saturated rings. The number of hydrogen-bond donors (Lipinski definition) is 1. The summed E-state index contributed by atoms with van der Waals surface area (Å²) in [5.74, 6) is 0.